The number of carbonyl (C=O) groups excluding carboxylic acids is 1. The van der Waals surface area contributed by atoms with Crippen molar-refractivity contribution in [3.8, 4) is 6.07 Å². The number of hydrogen-bond donors (Lipinski definition) is 0. The summed E-state index contributed by atoms with van der Waals surface area (Å²) in [6.45, 7) is 3.73. The first-order chi connectivity index (χ1) is 16.0. The van der Waals surface area contributed by atoms with E-state index in [1.165, 1.54) is 20.8 Å². The van der Waals surface area contributed by atoms with Crippen molar-refractivity contribution in [3.05, 3.63) is 61.7 Å². The number of benzene rings is 1. The molecule has 0 unspecified atom stereocenters. The average molecular weight is 462 g/mol. The third kappa shape index (κ3) is 3.83. The molecular weight excluding hydrogens is 438 g/mol. The van der Waals surface area contributed by atoms with Crippen LogP contribution in [-0.2, 0) is 41.9 Å². The van der Waals surface area contributed by atoms with E-state index in [-0.39, 0.29) is 25.1 Å². The van der Waals surface area contributed by atoms with Gasteiger partial charge in [0.25, 0.3) is 5.56 Å². The van der Waals surface area contributed by atoms with Gasteiger partial charge >= 0.3 is 5.97 Å². The number of carbonyl (C=O) groups is 1. The van der Waals surface area contributed by atoms with Gasteiger partial charge < -0.3 is 9.15 Å². The summed E-state index contributed by atoms with van der Waals surface area (Å²) in [6.07, 6.45) is 5.61. The van der Waals surface area contributed by atoms with Crippen LogP contribution in [0.3, 0.4) is 0 Å². The number of esters is 1. The maximum atomic E-state index is 13.2. The Labute approximate surface area is 194 Å². The Morgan fingerprint density at radius 1 is 1.27 bits per heavy atom. The first kappa shape index (κ1) is 21.4. The van der Waals surface area contributed by atoms with E-state index >= 15 is 0 Å². The van der Waals surface area contributed by atoms with Crippen molar-refractivity contribution in [2.75, 3.05) is 0 Å². The van der Waals surface area contributed by atoms with Gasteiger partial charge in [0.2, 0.25) is 0 Å². The summed E-state index contributed by atoms with van der Waals surface area (Å²) in [4.78, 5) is 32.3. The van der Waals surface area contributed by atoms with Gasteiger partial charge in [-0.25, -0.2) is 4.98 Å². The lowest BCUT2D eigenvalue weighted by Gasteiger charge is -2.12. The van der Waals surface area contributed by atoms with E-state index in [9.17, 15) is 14.9 Å². The number of nitriles is 1. The predicted octanol–water partition coefficient (Wildman–Crippen LogP) is 4.51. The van der Waals surface area contributed by atoms with E-state index in [4.69, 9.17) is 9.15 Å². The molecule has 0 atom stereocenters. The van der Waals surface area contributed by atoms with Crippen molar-refractivity contribution < 1.29 is 13.9 Å². The van der Waals surface area contributed by atoms with Gasteiger partial charge in [-0.3, -0.25) is 14.2 Å². The highest BCUT2D eigenvalue weighted by Gasteiger charge is 2.22. The molecule has 0 saturated carbocycles. The zero-order valence-corrected chi connectivity index (χ0v) is 19.4. The van der Waals surface area contributed by atoms with Crippen molar-refractivity contribution in [1.82, 2.24) is 9.55 Å². The van der Waals surface area contributed by atoms with E-state index in [0.29, 0.717) is 16.0 Å². The van der Waals surface area contributed by atoms with Crippen LogP contribution in [0.4, 0.5) is 0 Å². The highest BCUT2D eigenvalue weighted by Crippen LogP contribution is 2.34. The van der Waals surface area contributed by atoms with Crippen molar-refractivity contribution in [2.24, 2.45) is 0 Å². The largest absolute Gasteiger partial charge is 0.464 e. The van der Waals surface area contributed by atoms with E-state index in [0.717, 1.165) is 58.9 Å². The highest BCUT2D eigenvalue weighted by molar-refractivity contribution is 7.18. The summed E-state index contributed by atoms with van der Waals surface area (Å²) in [5.74, 6) is -0.149. The molecule has 3 aromatic heterocycles. The molecule has 1 aromatic carbocycles. The first-order valence-electron chi connectivity index (χ1n) is 11.0. The van der Waals surface area contributed by atoms with Gasteiger partial charge in [0.15, 0.2) is 5.82 Å². The molecule has 5 rings (SSSR count). The van der Waals surface area contributed by atoms with Gasteiger partial charge in [-0.1, -0.05) is 0 Å². The second-order valence-electron chi connectivity index (χ2n) is 8.50. The fourth-order valence-corrected chi connectivity index (χ4v) is 5.72. The summed E-state index contributed by atoms with van der Waals surface area (Å²) in [7, 11) is 0. The molecule has 0 amide bonds. The Hall–Kier alpha value is -3.44. The molecule has 0 N–H and O–H groups in total. The molecule has 0 bridgehead atoms. The summed E-state index contributed by atoms with van der Waals surface area (Å²) in [6, 6.07) is 6.00. The quantitative estimate of drug-likeness (QED) is 0.406. The maximum absolute atomic E-state index is 13.2. The molecule has 7 nitrogen and oxygen atoms in total. The predicted molar refractivity (Wildman–Crippen MR) is 125 cm³/mol. The Morgan fingerprint density at radius 3 is 2.88 bits per heavy atom. The number of aromatic nitrogens is 2. The fraction of sp³-hybridized carbons (Fsp3) is 0.360. The molecular formula is C25H23N3O4S. The molecule has 8 heteroatoms. The van der Waals surface area contributed by atoms with Crippen LogP contribution >= 0.6 is 11.3 Å². The Balaban J connectivity index is 1.40. The standard InChI is InChI=1S/C25H23N3O4S/c1-14-9-18-16(12-31-19(18)10-15(14)2)11-22(29)32-13-21-27-24-23(25(30)28(21)8-7-26)17-5-3-4-6-20(17)33-24/h9-10,12H,3-6,8,11,13H2,1-2H3. The summed E-state index contributed by atoms with van der Waals surface area (Å²) in [5, 5.41) is 10.8. The summed E-state index contributed by atoms with van der Waals surface area (Å²) >= 11 is 1.54. The van der Waals surface area contributed by atoms with Gasteiger partial charge in [0.1, 0.15) is 23.6 Å². The second-order valence-corrected chi connectivity index (χ2v) is 9.58. The van der Waals surface area contributed by atoms with E-state index < -0.39 is 5.97 Å². The number of fused-ring (bicyclic) bond motifs is 4. The molecule has 3 heterocycles. The number of aryl methyl sites for hydroxylation is 4. The van der Waals surface area contributed by atoms with Crippen LogP contribution in [0.5, 0.6) is 0 Å². The van der Waals surface area contributed by atoms with Gasteiger partial charge in [-0.2, -0.15) is 5.26 Å². The monoisotopic (exact) mass is 461 g/mol. The van der Waals surface area contributed by atoms with Crippen molar-refractivity contribution in [3.63, 3.8) is 0 Å². The van der Waals surface area contributed by atoms with Crippen LogP contribution in [0.15, 0.2) is 27.6 Å². The topological polar surface area (TPSA) is 98.1 Å². The smallest absolute Gasteiger partial charge is 0.310 e. The molecule has 33 heavy (non-hydrogen) atoms. The minimum atomic E-state index is -0.445. The van der Waals surface area contributed by atoms with Crippen molar-refractivity contribution >= 4 is 38.5 Å². The third-order valence-electron chi connectivity index (χ3n) is 6.35. The van der Waals surface area contributed by atoms with Gasteiger partial charge in [0, 0.05) is 15.8 Å². The van der Waals surface area contributed by atoms with Crippen molar-refractivity contribution in [1.29, 1.82) is 5.26 Å². The van der Waals surface area contributed by atoms with E-state index in [1.54, 1.807) is 6.26 Å². The number of ether oxygens (including phenoxy) is 1. The lowest BCUT2D eigenvalue weighted by atomic mass is 9.97. The molecule has 168 valence electrons. The summed E-state index contributed by atoms with van der Waals surface area (Å²) < 4.78 is 12.4. The van der Waals surface area contributed by atoms with E-state index in [1.807, 2.05) is 32.0 Å². The minimum absolute atomic E-state index is 0.0491. The van der Waals surface area contributed by atoms with Gasteiger partial charge in [0.05, 0.1) is 24.1 Å². The van der Waals surface area contributed by atoms with Crippen LogP contribution in [-0.4, -0.2) is 15.5 Å². The normalized spacial score (nSPS) is 13.2. The SMILES string of the molecule is Cc1cc2occ(CC(=O)OCc3nc4sc5c(c4c(=O)n3CC#N)CCCC5)c2cc1C. The molecule has 4 aromatic rings. The zero-order chi connectivity index (χ0) is 23.1. The minimum Gasteiger partial charge on any atom is -0.464 e. The fourth-order valence-electron chi connectivity index (χ4n) is 4.45. The molecule has 0 saturated heterocycles. The van der Waals surface area contributed by atoms with Crippen LogP contribution in [0, 0.1) is 25.2 Å². The average Bonchev–Trinajstić information content (AvgIpc) is 3.36. The lowest BCUT2D eigenvalue weighted by Crippen LogP contribution is -2.26. The molecule has 0 fully saturated rings. The van der Waals surface area contributed by atoms with E-state index in [2.05, 4.69) is 4.98 Å². The highest BCUT2D eigenvalue weighted by atomic mass is 32.1. The van der Waals surface area contributed by atoms with Crippen LogP contribution < -0.4 is 5.56 Å². The van der Waals surface area contributed by atoms with Gasteiger partial charge in [-0.15, -0.1) is 11.3 Å². The molecule has 0 spiro atoms. The maximum Gasteiger partial charge on any atom is 0.310 e. The summed E-state index contributed by atoms with van der Waals surface area (Å²) in [5.41, 5.74) is 4.58. The Bertz CT molecular complexity index is 1500. The Morgan fingerprint density at radius 2 is 2.06 bits per heavy atom. The second kappa shape index (κ2) is 8.49. The van der Waals surface area contributed by atoms with Crippen LogP contribution in [0.1, 0.15) is 45.8 Å². The van der Waals surface area contributed by atoms with Gasteiger partial charge in [-0.05, 0) is 68.4 Å². The van der Waals surface area contributed by atoms with Crippen LogP contribution in [0.25, 0.3) is 21.2 Å². The number of hydrogen-bond acceptors (Lipinski definition) is 7. The first-order valence-corrected chi connectivity index (χ1v) is 11.8. The molecule has 0 radical (unpaired) electrons. The number of nitrogens with zero attached hydrogens (tertiary/aromatic N) is 3. The van der Waals surface area contributed by atoms with Crippen LogP contribution in [0.2, 0.25) is 0 Å². The number of thiophene rings is 1. The number of furan rings is 1. The van der Waals surface area contributed by atoms with Crippen molar-refractivity contribution in [2.45, 2.75) is 59.1 Å². The third-order valence-corrected chi connectivity index (χ3v) is 7.54. The number of rotatable bonds is 5. The molecule has 0 aliphatic heterocycles. The Kier molecular flexibility index (Phi) is 5.51. The molecule has 1 aliphatic rings. The molecule has 1 aliphatic carbocycles. The zero-order valence-electron chi connectivity index (χ0n) is 18.6. The lowest BCUT2D eigenvalue weighted by molar-refractivity contribution is -0.144.